The van der Waals surface area contributed by atoms with Gasteiger partial charge >= 0.3 is 0 Å². The molecule has 2 N–H and O–H groups in total. The van der Waals surface area contributed by atoms with E-state index in [2.05, 4.69) is 5.32 Å². The quantitative estimate of drug-likeness (QED) is 0.458. The molecule has 3 aromatic rings. The maximum Gasteiger partial charge on any atom is 0.256 e. The van der Waals surface area contributed by atoms with Crippen LogP contribution in [0.2, 0.25) is 0 Å². The predicted octanol–water partition coefficient (Wildman–Crippen LogP) is 5.26. The molecule has 1 radical (unpaired) electrons. The summed E-state index contributed by atoms with van der Waals surface area (Å²) >= 11 is 0. The van der Waals surface area contributed by atoms with E-state index in [9.17, 15) is 9.18 Å². The van der Waals surface area contributed by atoms with Crippen LogP contribution in [0.4, 0.5) is 10.1 Å². The Bertz CT molecular complexity index is 972. The van der Waals surface area contributed by atoms with Crippen molar-refractivity contribution in [1.29, 1.82) is 0 Å². The van der Waals surface area contributed by atoms with Crippen LogP contribution in [0.5, 0.6) is 0 Å². The van der Waals surface area contributed by atoms with Gasteiger partial charge in [-0.25, -0.2) is 4.39 Å². The molecule has 27 heavy (non-hydrogen) atoms. The van der Waals surface area contributed by atoms with Crippen molar-refractivity contribution in [3.05, 3.63) is 95.0 Å². The molecule has 133 valence electrons. The maximum absolute atomic E-state index is 13.2. The molecule has 0 heterocycles. The number of benzene rings is 3. The Morgan fingerprint density at radius 3 is 2.44 bits per heavy atom. The van der Waals surface area contributed by atoms with Gasteiger partial charge in [-0.1, -0.05) is 36.4 Å². The van der Waals surface area contributed by atoms with Crippen molar-refractivity contribution in [1.82, 2.24) is 0 Å². The first-order valence-electron chi connectivity index (χ1n) is 8.59. The summed E-state index contributed by atoms with van der Waals surface area (Å²) in [7, 11) is 0. The molecular formula is C22H18AcFN2O-. The third-order valence-corrected chi connectivity index (χ3v) is 4.72. The third-order valence-electron chi connectivity index (χ3n) is 4.72. The molecule has 0 spiro atoms. The second kappa shape index (κ2) is 8.65. The van der Waals surface area contributed by atoms with Crippen molar-refractivity contribution >= 4 is 11.6 Å². The van der Waals surface area contributed by atoms with E-state index in [0.29, 0.717) is 5.56 Å². The molecule has 4 rings (SSSR count). The van der Waals surface area contributed by atoms with Gasteiger partial charge in [-0.3, -0.25) is 4.79 Å². The molecule has 1 amide bonds. The standard InChI is InChI=1S/C22H18FN2O.Ac/c23-17-8-5-14(6-9-17)20-3-1-2-4-21(20)22(26)25-19-10-7-15-11-18(24)12-16(15)13-19;/h1-10,13,18,24H,11-12H2,(H,25,26);/q-1;. The number of rotatable bonds is 3. The molecule has 1 atom stereocenters. The van der Waals surface area contributed by atoms with Crippen LogP contribution >= 0.6 is 0 Å². The van der Waals surface area contributed by atoms with Crippen LogP contribution in [0.15, 0.2) is 66.7 Å². The molecule has 0 saturated heterocycles. The number of carbonyl (C=O) groups excluding carboxylic acids is 1. The van der Waals surface area contributed by atoms with E-state index in [-0.39, 0.29) is 61.8 Å². The zero-order valence-corrected chi connectivity index (χ0v) is 19.5. The molecule has 3 nitrogen and oxygen atoms in total. The first-order chi connectivity index (χ1) is 12.6. The summed E-state index contributed by atoms with van der Waals surface area (Å²) < 4.78 is 13.2. The number of hydrogen-bond acceptors (Lipinski definition) is 1. The third kappa shape index (κ3) is 4.48. The van der Waals surface area contributed by atoms with Gasteiger partial charge < -0.3 is 11.1 Å². The van der Waals surface area contributed by atoms with Crippen LogP contribution in [0.1, 0.15) is 21.5 Å². The van der Waals surface area contributed by atoms with Gasteiger partial charge in [0, 0.05) is 55.3 Å². The number of carbonyl (C=O) groups is 1. The SMILES string of the molecule is [Ac].[NH-]C1Cc2ccc(NC(=O)c3ccccc3-c3ccc(F)cc3)cc2C1. The molecule has 5 heteroatoms. The number of halogens is 1. The van der Waals surface area contributed by atoms with Crippen LogP contribution in [0.25, 0.3) is 16.9 Å². The van der Waals surface area contributed by atoms with Crippen LogP contribution in [0.3, 0.4) is 0 Å². The normalized spacial score (nSPS) is 15.0. The van der Waals surface area contributed by atoms with Gasteiger partial charge in [-0.05, 0) is 65.4 Å². The van der Waals surface area contributed by atoms with E-state index in [0.717, 1.165) is 35.2 Å². The van der Waals surface area contributed by atoms with E-state index in [4.69, 9.17) is 5.73 Å². The van der Waals surface area contributed by atoms with E-state index < -0.39 is 0 Å². The Kier molecular flexibility index (Phi) is 6.47. The fourth-order valence-corrected chi connectivity index (χ4v) is 3.46. The Labute approximate surface area is 193 Å². The molecule has 0 fully saturated rings. The number of fused-ring (bicyclic) bond motifs is 1. The van der Waals surface area contributed by atoms with Gasteiger partial charge in [0.25, 0.3) is 5.91 Å². The zero-order valence-electron chi connectivity index (χ0n) is 14.7. The Morgan fingerprint density at radius 2 is 1.67 bits per heavy atom. The van der Waals surface area contributed by atoms with E-state index >= 15 is 0 Å². The van der Waals surface area contributed by atoms with Crippen molar-refractivity contribution in [2.45, 2.75) is 18.9 Å². The molecule has 1 aliphatic carbocycles. The number of nitrogens with one attached hydrogen (secondary N) is 2. The summed E-state index contributed by atoms with van der Waals surface area (Å²) in [4.78, 5) is 12.8. The number of anilines is 1. The van der Waals surface area contributed by atoms with Gasteiger partial charge in [0.1, 0.15) is 5.82 Å². The molecule has 1 aliphatic rings. The number of amides is 1. The predicted molar refractivity (Wildman–Crippen MR) is 102 cm³/mol. The Hall–Kier alpha value is -1.54. The molecule has 0 saturated carbocycles. The maximum atomic E-state index is 13.2. The second-order valence-corrected chi connectivity index (χ2v) is 6.60. The second-order valence-electron chi connectivity index (χ2n) is 6.60. The van der Waals surface area contributed by atoms with Crippen molar-refractivity contribution in [3.8, 4) is 11.1 Å². The molecule has 1 unspecified atom stereocenters. The average molecular weight is 572 g/mol. The van der Waals surface area contributed by atoms with Crippen molar-refractivity contribution in [2.24, 2.45) is 0 Å². The van der Waals surface area contributed by atoms with E-state index in [1.807, 2.05) is 36.4 Å². The molecule has 0 bridgehead atoms. The average Bonchev–Trinajstić information content (AvgIpc) is 3.01. The van der Waals surface area contributed by atoms with Gasteiger partial charge in [0.15, 0.2) is 0 Å². The zero-order chi connectivity index (χ0) is 18.1. The van der Waals surface area contributed by atoms with Gasteiger partial charge in [-0.2, -0.15) is 0 Å². The first kappa shape index (κ1) is 20.2. The molecule has 3 aromatic carbocycles. The fourth-order valence-electron chi connectivity index (χ4n) is 3.46. The number of hydrogen-bond donors (Lipinski definition) is 1. The van der Waals surface area contributed by atoms with Crippen molar-refractivity contribution < 1.29 is 53.2 Å². The topological polar surface area (TPSA) is 52.9 Å². The summed E-state index contributed by atoms with van der Waals surface area (Å²) in [6, 6.07) is 19.2. The van der Waals surface area contributed by atoms with Gasteiger partial charge in [-0.15, -0.1) is 6.04 Å². The molecule has 0 aliphatic heterocycles. The monoisotopic (exact) mass is 572 g/mol. The van der Waals surface area contributed by atoms with Crippen LogP contribution in [-0.4, -0.2) is 11.9 Å². The van der Waals surface area contributed by atoms with Crippen LogP contribution in [-0.2, 0) is 12.8 Å². The van der Waals surface area contributed by atoms with Crippen LogP contribution < -0.4 is 5.32 Å². The summed E-state index contributed by atoms with van der Waals surface area (Å²) in [5.41, 5.74) is 13.0. The minimum atomic E-state index is -0.304. The van der Waals surface area contributed by atoms with Gasteiger partial charge in [0.05, 0.1) is 0 Å². The minimum absolute atomic E-state index is 0. The smallest absolute Gasteiger partial charge is 0.256 e. The van der Waals surface area contributed by atoms with Crippen molar-refractivity contribution in [3.63, 3.8) is 0 Å². The van der Waals surface area contributed by atoms with E-state index in [1.54, 1.807) is 18.2 Å². The minimum Gasteiger partial charge on any atom is -0.674 e. The van der Waals surface area contributed by atoms with Crippen LogP contribution in [0, 0.1) is 49.9 Å². The molecular weight excluding hydrogens is 554 g/mol. The Balaban J connectivity index is 0.00000210. The summed E-state index contributed by atoms with van der Waals surface area (Å²) in [6.07, 6.45) is 1.50. The summed E-state index contributed by atoms with van der Waals surface area (Å²) in [5, 5.41) is 2.95. The Morgan fingerprint density at radius 1 is 0.963 bits per heavy atom. The van der Waals surface area contributed by atoms with Gasteiger partial charge in [0.2, 0.25) is 0 Å². The fraction of sp³-hybridized carbons (Fsp3) is 0.136. The summed E-state index contributed by atoms with van der Waals surface area (Å²) in [5.74, 6) is -0.508. The first-order valence-corrected chi connectivity index (χ1v) is 8.59. The molecule has 0 aromatic heterocycles. The largest absolute Gasteiger partial charge is 0.674 e. The summed E-state index contributed by atoms with van der Waals surface area (Å²) in [6.45, 7) is 0. The van der Waals surface area contributed by atoms with E-state index in [1.165, 1.54) is 17.7 Å². The van der Waals surface area contributed by atoms with Crippen molar-refractivity contribution in [2.75, 3.05) is 5.32 Å².